The van der Waals surface area contributed by atoms with E-state index >= 15 is 0 Å². The maximum Gasteiger partial charge on any atom is 0.239 e. The van der Waals surface area contributed by atoms with Crippen molar-refractivity contribution in [3.63, 3.8) is 0 Å². The molecule has 7 heteroatoms. The molecule has 1 aromatic heterocycles. The van der Waals surface area contributed by atoms with Crippen LogP contribution >= 0.6 is 0 Å². The minimum absolute atomic E-state index is 0.0222. The van der Waals surface area contributed by atoms with E-state index < -0.39 is 0 Å². The smallest absolute Gasteiger partial charge is 0.239 e. The van der Waals surface area contributed by atoms with E-state index in [2.05, 4.69) is 22.2 Å². The average molecular weight is 319 g/mol. The molecule has 1 saturated carbocycles. The van der Waals surface area contributed by atoms with Crippen LogP contribution in [0.1, 0.15) is 32.7 Å². The van der Waals surface area contributed by atoms with Crippen molar-refractivity contribution in [2.75, 3.05) is 38.0 Å². The average Bonchev–Trinajstić information content (AvgIpc) is 3.27. The van der Waals surface area contributed by atoms with E-state index in [1.165, 1.54) is 12.8 Å². The van der Waals surface area contributed by atoms with Crippen LogP contribution in [-0.2, 0) is 9.59 Å². The lowest BCUT2D eigenvalue weighted by atomic mass is 10.2. The Balaban J connectivity index is 1.50. The van der Waals surface area contributed by atoms with Crippen molar-refractivity contribution in [1.29, 1.82) is 0 Å². The number of amides is 2. The standard InChI is InChI=1S/C16H25N5O2/c1-12(14-3-4-14)21-15(5-6-17-21)18-16(23)11-19-7-9-20(10-8-19)13(2)22/h5-6,12,14H,3-4,7-11H2,1-2H3,(H,18,23). The monoisotopic (exact) mass is 319 g/mol. The molecule has 1 aliphatic heterocycles. The molecule has 1 atom stereocenters. The molecule has 0 aromatic carbocycles. The number of nitrogens with zero attached hydrogens (tertiary/aromatic N) is 4. The molecule has 7 nitrogen and oxygen atoms in total. The third-order valence-electron chi connectivity index (χ3n) is 4.81. The highest BCUT2D eigenvalue weighted by Crippen LogP contribution is 2.40. The Kier molecular flexibility index (Phi) is 4.66. The molecule has 1 saturated heterocycles. The second-order valence-electron chi connectivity index (χ2n) is 6.57. The summed E-state index contributed by atoms with van der Waals surface area (Å²) in [7, 11) is 0. The lowest BCUT2D eigenvalue weighted by Gasteiger charge is -2.33. The maximum atomic E-state index is 12.3. The highest BCUT2D eigenvalue weighted by atomic mass is 16.2. The zero-order valence-corrected chi connectivity index (χ0v) is 13.9. The van der Waals surface area contributed by atoms with Crippen LogP contribution in [0.15, 0.2) is 12.3 Å². The van der Waals surface area contributed by atoms with Crippen molar-refractivity contribution < 1.29 is 9.59 Å². The predicted octanol–water partition coefficient (Wildman–Crippen LogP) is 0.957. The lowest BCUT2D eigenvalue weighted by molar-refractivity contribution is -0.130. The second kappa shape index (κ2) is 6.70. The highest BCUT2D eigenvalue weighted by Gasteiger charge is 2.31. The van der Waals surface area contributed by atoms with Gasteiger partial charge in [-0.1, -0.05) is 0 Å². The third-order valence-corrected chi connectivity index (χ3v) is 4.81. The van der Waals surface area contributed by atoms with E-state index in [9.17, 15) is 9.59 Å². The van der Waals surface area contributed by atoms with Crippen molar-refractivity contribution in [2.45, 2.75) is 32.7 Å². The fourth-order valence-corrected chi connectivity index (χ4v) is 3.12. The second-order valence-corrected chi connectivity index (χ2v) is 6.57. The lowest BCUT2D eigenvalue weighted by Crippen LogP contribution is -2.49. The van der Waals surface area contributed by atoms with Crippen molar-refractivity contribution in [1.82, 2.24) is 19.6 Å². The van der Waals surface area contributed by atoms with Gasteiger partial charge >= 0.3 is 0 Å². The maximum absolute atomic E-state index is 12.3. The minimum Gasteiger partial charge on any atom is -0.340 e. The van der Waals surface area contributed by atoms with Crippen molar-refractivity contribution >= 4 is 17.6 Å². The minimum atomic E-state index is -0.0222. The van der Waals surface area contributed by atoms with Gasteiger partial charge in [-0.3, -0.25) is 14.5 Å². The van der Waals surface area contributed by atoms with Crippen molar-refractivity contribution in [3.8, 4) is 0 Å². The van der Waals surface area contributed by atoms with E-state index in [4.69, 9.17) is 0 Å². The molecule has 2 aliphatic rings. The number of nitrogens with one attached hydrogen (secondary N) is 1. The first-order valence-corrected chi connectivity index (χ1v) is 8.36. The molecule has 3 rings (SSSR count). The number of rotatable bonds is 5. The molecule has 2 heterocycles. The van der Waals surface area contributed by atoms with Gasteiger partial charge in [0.25, 0.3) is 0 Å². The fourth-order valence-electron chi connectivity index (χ4n) is 3.12. The van der Waals surface area contributed by atoms with Gasteiger partial charge in [0, 0.05) is 39.2 Å². The van der Waals surface area contributed by atoms with Crippen LogP contribution in [-0.4, -0.2) is 64.1 Å². The number of carbonyl (C=O) groups is 2. The number of carbonyl (C=O) groups excluding carboxylic acids is 2. The first-order valence-electron chi connectivity index (χ1n) is 8.36. The van der Waals surface area contributed by atoms with E-state index in [0.717, 1.165) is 18.9 Å². The van der Waals surface area contributed by atoms with Gasteiger partial charge in [0.15, 0.2) is 0 Å². The van der Waals surface area contributed by atoms with E-state index in [0.29, 0.717) is 31.6 Å². The molecule has 2 fully saturated rings. The van der Waals surface area contributed by atoms with E-state index in [-0.39, 0.29) is 11.8 Å². The van der Waals surface area contributed by atoms with Gasteiger partial charge in [-0.25, -0.2) is 4.68 Å². The zero-order valence-electron chi connectivity index (χ0n) is 13.9. The highest BCUT2D eigenvalue weighted by molar-refractivity contribution is 5.91. The first kappa shape index (κ1) is 16.0. The Hall–Kier alpha value is -1.89. The van der Waals surface area contributed by atoms with Crippen LogP contribution in [0, 0.1) is 5.92 Å². The number of hydrogen-bond acceptors (Lipinski definition) is 4. The molecule has 0 radical (unpaired) electrons. The summed E-state index contributed by atoms with van der Waals surface area (Å²) in [4.78, 5) is 27.5. The van der Waals surface area contributed by atoms with Crippen LogP contribution in [0.2, 0.25) is 0 Å². The van der Waals surface area contributed by atoms with Gasteiger partial charge in [-0.2, -0.15) is 5.10 Å². The van der Waals surface area contributed by atoms with Gasteiger partial charge in [0.1, 0.15) is 5.82 Å². The van der Waals surface area contributed by atoms with Gasteiger partial charge in [-0.15, -0.1) is 0 Å². The van der Waals surface area contributed by atoms with Crippen LogP contribution in [0.25, 0.3) is 0 Å². The molecule has 1 aromatic rings. The molecule has 1 N–H and O–H groups in total. The Morgan fingerprint density at radius 2 is 2.00 bits per heavy atom. The largest absolute Gasteiger partial charge is 0.340 e. The molecule has 23 heavy (non-hydrogen) atoms. The van der Waals surface area contributed by atoms with Crippen LogP contribution < -0.4 is 5.32 Å². The number of anilines is 1. The summed E-state index contributed by atoms with van der Waals surface area (Å²) >= 11 is 0. The SMILES string of the molecule is CC(=O)N1CCN(CC(=O)Nc2ccnn2C(C)C2CC2)CC1. The Morgan fingerprint density at radius 3 is 2.61 bits per heavy atom. The summed E-state index contributed by atoms with van der Waals surface area (Å²) in [6.07, 6.45) is 4.23. The molecular weight excluding hydrogens is 294 g/mol. The molecule has 1 aliphatic carbocycles. The van der Waals surface area contributed by atoms with Gasteiger partial charge in [0.2, 0.25) is 11.8 Å². The van der Waals surface area contributed by atoms with Crippen molar-refractivity contribution in [2.24, 2.45) is 5.92 Å². The molecule has 0 bridgehead atoms. The van der Waals surface area contributed by atoms with Gasteiger partial charge in [0.05, 0.1) is 18.8 Å². The summed E-state index contributed by atoms with van der Waals surface area (Å²) in [6.45, 7) is 6.97. The Morgan fingerprint density at radius 1 is 1.30 bits per heavy atom. The first-order chi connectivity index (χ1) is 11.0. The molecule has 1 unspecified atom stereocenters. The topological polar surface area (TPSA) is 70.5 Å². The molecular formula is C16H25N5O2. The number of aromatic nitrogens is 2. The summed E-state index contributed by atoms with van der Waals surface area (Å²) in [5.41, 5.74) is 0. The molecule has 2 amide bonds. The van der Waals surface area contributed by atoms with Gasteiger partial charge in [-0.05, 0) is 25.7 Å². The summed E-state index contributed by atoms with van der Waals surface area (Å²) < 4.78 is 1.92. The Labute approximate surface area is 136 Å². The van der Waals surface area contributed by atoms with E-state index in [1.54, 1.807) is 13.1 Å². The quantitative estimate of drug-likeness (QED) is 0.877. The van der Waals surface area contributed by atoms with E-state index in [1.807, 2.05) is 15.6 Å². The normalized spacial score (nSPS) is 20.3. The summed E-state index contributed by atoms with van der Waals surface area (Å²) in [6, 6.07) is 2.18. The van der Waals surface area contributed by atoms with Crippen LogP contribution in [0.4, 0.5) is 5.82 Å². The molecule has 126 valence electrons. The third kappa shape index (κ3) is 3.90. The summed E-state index contributed by atoms with van der Waals surface area (Å²) in [5, 5.41) is 7.33. The number of piperazine rings is 1. The van der Waals surface area contributed by atoms with Crippen molar-refractivity contribution in [3.05, 3.63) is 12.3 Å². The predicted molar refractivity (Wildman–Crippen MR) is 87.0 cm³/mol. The van der Waals surface area contributed by atoms with Crippen LogP contribution in [0.3, 0.4) is 0 Å². The number of hydrogen-bond donors (Lipinski definition) is 1. The van der Waals surface area contributed by atoms with Crippen LogP contribution in [0.5, 0.6) is 0 Å². The Bertz CT molecular complexity index is 573. The summed E-state index contributed by atoms with van der Waals surface area (Å²) in [5.74, 6) is 1.54. The van der Waals surface area contributed by atoms with Gasteiger partial charge < -0.3 is 10.2 Å². The fraction of sp³-hybridized carbons (Fsp3) is 0.688. The zero-order chi connectivity index (χ0) is 16.4. The molecule has 0 spiro atoms.